The predicted octanol–water partition coefficient (Wildman–Crippen LogP) is 1.01. The SMILES string of the molecule is NC1CCC(n2cc(-c3n[nH]c([C@@H]4CCOC4)n3)nn2)CC1. The van der Waals surface area contributed by atoms with Crippen LogP contribution in [0.15, 0.2) is 6.20 Å². The van der Waals surface area contributed by atoms with Gasteiger partial charge in [-0.3, -0.25) is 5.10 Å². The standard InChI is InChI=1S/C14H21N7O/c15-10-1-3-11(4-2-10)21-7-12(17-20-21)14-16-13(18-19-14)9-5-6-22-8-9/h7,9-11H,1-6,8,15H2,(H,16,18,19)/t9-,10?,11?/m1/s1. The molecular weight excluding hydrogens is 282 g/mol. The summed E-state index contributed by atoms with van der Waals surface area (Å²) in [5, 5.41) is 15.8. The van der Waals surface area contributed by atoms with Gasteiger partial charge in [-0.2, -0.15) is 5.10 Å². The molecule has 2 fully saturated rings. The minimum absolute atomic E-state index is 0.316. The molecule has 1 aliphatic carbocycles. The number of rotatable bonds is 3. The molecule has 1 atom stereocenters. The lowest BCUT2D eigenvalue weighted by atomic mass is 9.92. The lowest BCUT2D eigenvalue weighted by Gasteiger charge is -2.25. The molecule has 0 unspecified atom stereocenters. The number of nitrogens with zero attached hydrogens (tertiary/aromatic N) is 5. The molecule has 1 saturated heterocycles. The zero-order valence-corrected chi connectivity index (χ0v) is 12.5. The van der Waals surface area contributed by atoms with Gasteiger partial charge in [0.05, 0.1) is 18.8 Å². The monoisotopic (exact) mass is 303 g/mol. The summed E-state index contributed by atoms with van der Waals surface area (Å²) in [4.78, 5) is 4.55. The Bertz CT molecular complexity index is 623. The van der Waals surface area contributed by atoms with Crippen LogP contribution in [-0.4, -0.2) is 49.4 Å². The molecule has 0 spiro atoms. The molecule has 3 heterocycles. The average Bonchev–Trinajstić information content (AvgIpc) is 3.27. The summed E-state index contributed by atoms with van der Waals surface area (Å²) in [6.45, 7) is 1.50. The van der Waals surface area contributed by atoms with Gasteiger partial charge in [0.1, 0.15) is 5.82 Å². The second-order valence-corrected chi connectivity index (χ2v) is 6.26. The van der Waals surface area contributed by atoms with E-state index >= 15 is 0 Å². The van der Waals surface area contributed by atoms with E-state index in [1.54, 1.807) is 0 Å². The molecule has 2 aliphatic rings. The van der Waals surface area contributed by atoms with Crippen molar-refractivity contribution in [3.8, 4) is 11.5 Å². The molecule has 0 radical (unpaired) electrons. The molecule has 2 aromatic rings. The van der Waals surface area contributed by atoms with Crippen molar-refractivity contribution >= 4 is 0 Å². The van der Waals surface area contributed by atoms with E-state index in [-0.39, 0.29) is 0 Å². The predicted molar refractivity (Wildman–Crippen MR) is 79.1 cm³/mol. The van der Waals surface area contributed by atoms with Crippen LogP contribution in [0, 0.1) is 0 Å². The fraction of sp³-hybridized carbons (Fsp3) is 0.714. The second-order valence-electron chi connectivity index (χ2n) is 6.26. The molecule has 0 aromatic carbocycles. The van der Waals surface area contributed by atoms with E-state index in [2.05, 4.69) is 25.5 Å². The molecular formula is C14H21N7O. The Morgan fingerprint density at radius 3 is 2.86 bits per heavy atom. The molecule has 2 aromatic heterocycles. The Morgan fingerprint density at radius 1 is 1.23 bits per heavy atom. The minimum Gasteiger partial charge on any atom is -0.381 e. The van der Waals surface area contributed by atoms with Crippen LogP contribution in [0.5, 0.6) is 0 Å². The Balaban J connectivity index is 1.49. The van der Waals surface area contributed by atoms with Crippen molar-refractivity contribution in [2.75, 3.05) is 13.2 Å². The van der Waals surface area contributed by atoms with Gasteiger partial charge in [0.25, 0.3) is 0 Å². The molecule has 8 heteroatoms. The van der Waals surface area contributed by atoms with Crippen molar-refractivity contribution in [3.05, 3.63) is 12.0 Å². The summed E-state index contributed by atoms with van der Waals surface area (Å²) in [6, 6.07) is 0.728. The third-order valence-electron chi connectivity index (χ3n) is 4.67. The summed E-state index contributed by atoms with van der Waals surface area (Å²) in [6.07, 6.45) is 7.15. The van der Waals surface area contributed by atoms with Crippen LogP contribution >= 0.6 is 0 Å². The lowest BCUT2D eigenvalue weighted by molar-refractivity contribution is 0.193. The molecule has 22 heavy (non-hydrogen) atoms. The van der Waals surface area contributed by atoms with Crippen molar-refractivity contribution in [3.63, 3.8) is 0 Å². The first-order valence-corrected chi connectivity index (χ1v) is 7.97. The molecule has 0 amide bonds. The van der Waals surface area contributed by atoms with Crippen molar-refractivity contribution in [1.82, 2.24) is 30.2 Å². The van der Waals surface area contributed by atoms with E-state index in [0.29, 0.717) is 30.4 Å². The second kappa shape index (κ2) is 5.77. The van der Waals surface area contributed by atoms with Crippen molar-refractivity contribution in [1.29, 1.82) is 0 Å². The van der Waals surface area contributed by atoms with Crippen molar-refractivity contribution in [2.24, 2.45) is 5.73 Å². The molecule has 0 bridgehead atoms. The topological polar surface area (TPSA) is 108 Å². The van der Waals surface area contributed by atoms with Gasteiger partial charge < -0.3 is 10.5 Å². The van der Waals surface area contributed by atoms with Gasteiger partial charge in [-0.05, 0) is 32.1 Å². The van der Waals surface area contributed by atoms with Crippen LogP contribution in [0.2, 0.25) is 0 Å². The first kappa shape index (κ1) is 13.8. The summed E-state index contributed by atoms with van der Waals surface area (Å²) in [5.41, 5.74) is 6.67. The summed E-state index contributed by atoms with van der Waals surface area (Å²) >= 11 is 0. The van der Waals surface area contributed by atoms with E-state index in [9.17, 15) is 0 Å². The zero-order valence-electron chi connectivity index (χ0n) is 12.5. The van der Waals surface area contributed by atoms with Gasteiger partial charge in [-0.1, -0.05) is 5.21 Å². The van der Waals surface area contributed by atoms with E-state index in [1.807, 2.05) is 10.9 Å². The maximum absolute atomic E-state index is 5.95. The summed E-state index contributed by atoms with van der Waals surface area (Å²) in [5.74, 6) is 1.81. The highest BCUT2D eigenvalue weighted by atomic mass is 16.5. The number of ether oxygens (including phenoxy) is 1. The van der Waals surface area contributed by atoms with Gasteiger partial charge in [0.15, 0.2) is 5.69 Å². The maximum Gasteiger partial charge on any atom is 0.203 e. The first-order chi connectivity index (χ1) is 10.8. The molecule has 8 nitrogen and oxygen atoms in total. The quantitative estimate of drug-likeness (QED) is 0.876. The smallest absolute Gasteiger partial charge is 0.203 e. The third kappa shape index (κ3) is 2.64. The van der Waals surface area contributed by atoms with Crippen LogP contribution < -0.4 is 5.73 Å². The largest absolute Gasteiger partial charge is 0.381 e. The number of aromatic amines is 1. The fourth-order valence-corrected chi connectivity index (χ4v) is 3.25. The Morgan fingerprint density at radius 2 is 2.09 bits per heavy atom. The highest BCUT2D eigenvalue weighted by Gasteiger charge is 2.24. The van der Waals surface area contributed by atoms with Gasteiger partial charge in [0, 0.05) is 18.6 Å². The average molecular weight is 303 g/mol. The van der Waals surface area contributed by atoms with E-state index in [0.717, 1.165) is 50.2 Å². The Kier molecular flexibility index (Phi) is 3.63. The molecule has 1 saturated carbocycles. The normalized spacial score (nSPS) is 29.0. The minimum atomic E-state index is 0.316. The fourth-order valence-electron chi connectivity index (χ4n) is 3.25. The van der Waals surface area contributed by atoms with Gasteiger partial charge in [-0.15, -0.1) is 5.10 Å². The number of aromatic nitrogens is 6. The van der Waals surface area contributed by atoms with E-state index < -0.39 is 0 Å². The number of nitrogens with one attached hydrogen (secondary N) is 1. The van der Waals surface area contributed by atoms with Crippen LogP contribution in [0.4, 0.5) is 0 Å². The zero-order chi connectivity index (χ0) is 14.9. The van der Waals surface area contributed by atoms with Crippen molar-refractivity contribution in [2.45, 2.75) is 50.1 Å². The van der Waals surface area contributed by atoms with E-state index in [1.165, 1.54) is 0 Å². The summed E-state index contributed by atoms with van der Waals surface area (Å²) < 4.78 is 7.33. The highest BCUT2D eigenvalue weighted by molar-refractivity contribution is 5.45. The van der Waals surface area contributed by atoms with Crippen LogP contribution in [0.1, 0.15) is 49.9 Å². The molecule has 4 rings (SSSR count). The number of hydrogen-bond acceptors (Lipinski definition) is 6. The van der Waals surface area contributed by atoms with E-state index in [4.69, 9.17) is 10.5 Å². The number of hydrogen-bond donors (Lipinski definition) is 2. The number of H-pyrrole nitrogens is 1. The highest BCUT2D eigenvalue weighted by Crippen LogP contribution is 2.28. The molecule has 118 valence electrons. The molecule has 3 N–H and O–H groups in total. The van der Waals surface area contributed by atoms with Crippen LogP contribution in [-0.2, 0) is 4.74 Å². The maximum atomic E-state index is 5.95. The Labute approximate surface area is 128 Å². The Hall–Kier alpha value is -1.80. The number of nitrogens with two attached hydrogens (primary N) is 1. The van der Waals surface area contributed by atoms with Gasteiger partial charge in [-0.25, -0.2) is 9.67 Å². The van der Waals surface area contributed by atoms with Crippen molar-refractivity contribution < 1.29 is 4.74 Å². The van der Waals surface area contributed by atoms with Crippen LogP contribution in [0.25, 0.3) is 11.5 Å². The lowest BCUT2D eigenvalue weighted by Crippen LogP contribution is -2.28. The first-order valence-electron chi connectivity index (χ1n) is 7.97. The summed E-state index contributed by atoms with van der Waals surface area (Å²) in [7, 11) is 0. The molecule has 1 aliphatic heterocycles. The van der Waals surface area contributed by atoms with Gasteiger partial charge >= 0.3 is 0 Å². The third-order valence-corrected chi connectivity index (χ3v) is 4.67. The van der Waals surface area contributed by atoms with Crippen LogP contribution in [0.3, 0.4) is 0 Å². The van der Waals surface area contributed by atoms with Gasteiger partial charge in [0.2, 0.25) is 5.82 Å².